The minimum absolute atomic E-state index is 0.0778. The molecule has 8 nitrogen and oxygen atoms in total. The fourth-order valence-electron chi connectivity index (χ4n) is 1.92. The SMILES string of the molecule is C[C@H](OC(=O)c1cccc([N+](=O)[O-])c1)c1nnc(-c2cccs2)o1. The van der Waals surface area contributed by atoms with Crippen LogP contribution in [-0.4, -0.2) is 21.1 Å². The molecule has 0 radical (unpaired) electrons. The van der Waals surface area contributed by atoms with Gasteiger partial charge in [0.1, 0.15) is 0 Å². The van der Waals surface area contributed by atoms with E-state index in [-0.39, 0.29) is 17.1 Å². The molecule has 122 valence electrons. The number of thiophene rings is 1. The smallest absolute Gasteiger partial charge is 0.339 e. The number of nitrogens with zero attached hydrogens (tertiary/aromatic N) is 3. The van der Waals surface area contributed by atoms with Gasteiger partial charge in [-0.25, -0.2) is 4.79 Å². The van der Waals surface area contributed by atoms with Crippen LogP contribution in [0.3, 0.4) is 0 Å². The Kier molecular flexibility index (Phi) is 4.34. The van der Waals surface area contributed by atoms with Crippen molar-refractivity contribution in [1.82, 2.24) is 10.2 Å². The zero-order chi connectivity index (χ0) is 17.1. The summed E-state index contributed by atoms with van der Waals surface area (Å²) in [5, 5.41) is 20.4. The zero-order valence-electron chi connectivity index (χ0n) is 12.4. The van der Waals surface area contributed by atoms with Crippen molar-refractivity contribution in [3.63, 3.8) is 0 Å². The molecule has 2 heterocycles. The predicted octanol–water partition coefficient (Wildman–Crippen LogP) is 3.62. The third-order valence-corrected chi connectivity index (χ3v) is 3.95. The van der Waals surface area contributed by atoms with Crippen LogP contribution >= 0.6 is 11.3 Å². The topological polar surface area (TPSA) is 108 Å². The van der Waals surface area contributed by atoms with Crippen molar-refractivity contribution >= 4 is 23.0 Å². The first kappa shape index (κ1) is 15.8. The maximum atomic E-state index is 12.1. The first-order valence-electron chi connectivity index (χ1n) is 6.87. The standard InChI is InChI=1S/C15H11N3O5S/c1-9(13-16-17-14(23-13)12-6-3-7-24-12)22-15(19)10-4-2-5-11(8-10)18(20)21/h2-9H,1H3/t9-/m0/s1. The van der Waals surface area contributed by atoms with Crippen molar-refractivity contribution in [1.29, 1.82) is 0 Å². The molecule has 0 aliphatic heterocycles. The number of non-ortho nitro benzene ring substituents is 1. The van der Waals surface area contributed by atoms with Crippen molar-refractivity contribution in [3.05, 3.63) is 63.3 Å². The summed E-state index contributed by atoms with van der Waals surface area (Å²) >= 11 is 1.45. The molecule has 0 bridgehead atoms. The summed E-state index contributed by atoms with van der Waals surface area (Å²) in [6.45, 7) is 1.58. The number of rotatable bonds is 5. The van der Waals surface area contributed by atoms with Crippen molar-refractivity contribution in [2.24, 2.45) is 0 Å². The van der Waals surface area contributed by atoms with E-state index in [1.165, 1.54) is 29.5 Å². The van der Waals surface area contributed by atoms with Gasteiger partial charge in [-0.05, 0) is 24.4 Å². The van der Waals surface area contributed by atoms with Gasteiger partial charge in [-0.1, -0.05) is 12.1 Å². The number of nitro benzene ring substituents is 1. The van der Waals surface area contributed by atoms with Gasteiger partial charge >= 0.3 is 5.97 Å². The fraction of sp³-hybridized carbons (Fsp3) is 0.133. The Bertz CT molecular complexity index is 875. The van der Waals surface area contributed by atoms with Crippen LogP contribution in [0.2, 0.25) is 0 Å². The molecule has 3 rings (SSSR count). The Hall–Kier alpha value is -3.07. The number of carbonyl (C=O) groups excluding carboxylic acids is 1. The number of benzene rings is 1. The van der Waals surface area contributed by atoms with Gasteiger partial charge in [0.25, 0.3) is 17.5 Å². The van der Waals surface area contributed by atoms with Crippen LogP contribution in [0.15, 0.2) is 46.2 Å². The van der Waals surface area contributed by atoms with Crippen molar-refractivity contribution < 1.29 is 18.9 Å². The summed E-state index contributed by atoms with van der Waals surface area (Å²) in [4.78, 5) is 23.1. The molecule has 0 spiro atoms. The number of ether oxygens (including phenoxy) is 1. The van der Waals surface area contributed by atoms with Crippen LogP contribution in [0.4, 0.5) is 5.69 Å². The van der Waals surface area contributed by atoms with Crippen LogP contribution in [0.1, 0.15) is 29.3 Å². The van der Waals surface area contributed by atoms with Crippen LogP contribution in [-0.2, 0) is 4.74 Å². The summed E-state index contributed by atoms with van der Waals surface area (Å²) in [5.74, 6) is -0.211. The molecule has 24 heavy (non-hydrogen) atoms. The summed E-state index contributed by atoms with van der Waals surface area (Å²) < 4.78 is 10.7. The van der Waals surface area contributed by atoms with Gasteiger partial charge in [-0.2, -0.15) is 0 Å². The third kappa shape index (κ3) is 3.30. The van der Waals surface area contributed by atoms with Gasteiger partial charge in [0.2, 0.25) is 0 Å². The second kappa shape index (κ2) is 6.59. The highest BCUT2D eigenvalue weighted by Crippen LogP contribution is 2.26. The maximum Gasteiger partial charge on any atom is 0.339 e. The molecule has 0 saturated heterocycles. The van der Waals surface area contributed by atoms with Crippen LogP contribution in [0.5, 0.6) is 0 Å². The minimum atomic E-state index is -0.780. The number of hydrogen-bond acceptors (Lipinski definition) is 8. The Morgan fingerprint density at radius 3 is 2.88 bits per heavy atom. The van der Waals surface area contributed by atoms with Gasteiger partial charge in [-0.15, -0.1) is 21.5 Å². The molecule has 0 aliphatic carbocycles. The van der Waals surface area contributed by atoms with Crippen molar-refractivity contribution in [2.45, 2.75) is 13.0 Å². The molecule has 9 heteroatoms. The maximum absolute atomic E-state index is 12.1. The van der Waals surface area contributed by atoms with E-state index in [2.05, 4.69) is 10.2 Å². The monoisotopic (exact) mass is 345 g/mol. The molecule has 0 saturated carbocycles. The molecule has 0 N–H and O–H groups in total. The van der Waals surface area contributed by atoms with Crippen molar-refractivity contribution in [2.75, 3.05) is 0 Å². The quantitative estimate of drug-likeness (QED) is 0.394. The largest absolute Gasteiger partial charge is 0.449 e. The molecule has 1 atom stereocenters. The van der Waals surface area contributed by atoms with E-state index in [9.17, 15) is 14.9 Å². The van der Waals surface area contributed by atoms with Gasteiger partial charge in [-0.3, -0.25) is 10.1 Å². The minimum Gasteiger partial charge on any atom is -0.449 e. The Labute approximate surface area is 139 Å². The first-order chi connectivity index (χ1) is 11.5. The molecule has 0 amide bonds. The Balaban J connectivity index is 1.72. The molecule has 2 aromatic heterocycles. The molecular weight excluding hydrogens is 334 g/mol. The summed E-state index contributed by atoms with van der Waals surface area (Å²) in [6, 6.07) is 9.00. The fourth-order valence-corrected chi connectivity index (χ4v) is 2.57. The van der Waals surface area contributed by atoms with E-state index in [4.69, 9.17) is 9.15 Å². The van der Waals surface area contributed by atoms with Gasteiger partial charge in [0.15, 0.2) is 6.10 Å². The Morgan fingerprint density at radius 1 is 1.33 bits per heavy atom. The average Bonchev–Trinajstić information content (AvgIpc) is 3.26. The van der Waals surface area contributed by atoms with E-state index in [0.717, 1.165) is 10.9 Å². The van der Waals surface area contributed by atoms with Crippen molar-refractivity contribution in [3.8, 4) is 10.8 Å². The lowest BCUT2D eigenvalue weighted by atomic mass is 10.2. The third-order valence-electron chi connectivity index (χ3n) is 3.10. The molecule has 3 aromatic rings. The number of nitro groups is 1. The van der Waals surface area contributed by atoms with Gasteiger partial charge in [0, 0.05) is 12.1 Å². The second-order valence-electron chi connectivity index (χ2n) is 4.78. The summed E-state index contributed by atoms with van der Waals surface area (Å²) in [6.07, 6.45) is -0.780. The highest BCUT2D eigenvalue weighted by molar-refractivity contribution is 7.13. The molecule has 1 aromatic carbocycles. The molecule has 0 unspecified atom stereocenters. The zero-order valence-corrected chi connectivity index (χ0v) is 13.2. The number of esters is 1. The van der Waals surface area contributed by atoms with E-state index < -0.39 is 17.0 Å². The number of carbonyl (C=O) groups is 1. The van der Waals surface area contributed by atoms with Crippen LogP contribution in [0.25, 0.3) is 10.8 Å². The van der Waals surface area contributed by atoms with Crippen LogP contribution < -0.4 is 0 Å². The van der Waals surface area contributed by atoms with Crippen LogP contribution in [0, 0.1) is 10.1 Å². The first-order valence-corrected chi connectivity index (χ1v) is 7.75. The second-order valence-corrected chi connectivity index (χ2v) is 5.73. The van der Waals surface area contributed by atoms with E-state index in [1.54, 1.807) is 6.92 Å². The average molecular weight is 345 g/mol. The number of aromatic nitrogens is 2. The summed E-state index contributed by atoms with van der Waals surface area (Å²) in [7, 11) is 0. The number of hydrogen-bond donors (Lipinski definition) is 0. The lowest BCUT2D eigenvalue weighted by Crippen LogP contribution is -2.09. The molecular formula is C15H11N3O5S. The van der Waals surface area contributed by atoms with E-state index in [0.29, 0.717) is 5.89 Å². The predicted molar refractivity (Wildman–Crippen MR) is 84.5 cm³/mol. The van der Waals surface area contributed by atoms with Gasteiger partial charge in [0.05, 0.1) is 15.4 Å². The lowest BCUT2D eigenvalue weighted by Gasteiger charge is -2.09. The molecule has 0 fully saturated rings. The van der Waals surface area contributed by atoms with E-state index >= 15 is 0 Å². The molecule has 0 aliphatic rings. The summed E-state index contributed by atoms with van der Waals surface area (Å²) in [5.41, 5.74) is -0.107. The Morgan fingerprint density at radius 2 is 2.17 bits per heavy atom. The lowest BCUT2D eigenvalue weighted by molar-refractivity contribution is -0.384. The highest BCUT2D eigenvalue weighted by atomic mass is 32.1. The highest BCUT2D eigenvalue weighted by Gasteiger charge is 2.21. The van der Waals surface area contributed by atoms with E-state index in [1.807, 2.05) is 17.5 Å². The van der Waals surface area contributed by atoms with Gasteiger partial charge < -0.3 is 9.15 Å². The normalized spacial score (nSPS) is 11.9.